The average Bonchev–Trinajstić information content (AvgIpc) is 2.81. The summed E-state index contributed by atoms with van der Waals surface area (Å²) in [4.78, 5) is 14.0. The molecule has 0 saturated carbocycles. The Bertz CT molecular complexity index is 513. The zero-order chi connectivity index (χ0) is 13.7. The molecule has 0 aliphatic carbocycles. The van der Waals surface area contributed by atoms with Crippen molar-refractivity contribution < 1.29 is 4.74 Å². The first kappa shape index (κ1) is 14.0. The summed E-state index contributed by atoms with van der Waals surface area (Å²) in [5, 5.41) is 4.32. The van der Waals surface area contributed by atoms with E-state index in [9.17, 15) is 0 Å². The fourth-order valence-electron chi connectivity index (χ4n) is 1.59. The van der Waals surface area contributed by atoms with Crippen LogP contribution in [0, 0.1) is 0 Å². The van der Waals surface area contributed by atoms with Crippen LogP contribution >= 0.6 is 11.3 Å². The molecule has 19 heavy (non-hydrogen) atoms. The Morgan fingerprint density at radius 1 is 1.42 bits per heavy atom. The minimum absolute atomic E-state index is 0.444. The third-order valence-electron chi connectivity index (χ3n) is 2.53. The largest absolute Gasteiger partial charge is 0.378 e. The fraction of sp³-hybridized carbons (Fsp3) is 0.462. The summed E-state index contributed by atoms with van der Waals surface area (Å²) in [6.07, 6.45) is 3.27. The van der Waals surface area contributed by atoms with Crippen LogP contribution in [0.3, 0.4) is 0 Å². The van der Waals surface area contributed by atoms with Gasteiger partial charge in [-0.3, -0.25) is 0 Å². The second-order valence-electron chi connectivity index (χ2n) is 4.45. The lowest BCUT2D eigenvalue weighted by Gasteiger charge is -2.07. The summed E-state index contributed by atoms with van der Waals surface area (Å²) in [6.45, 7) is 5.58. The molecule has 0 atom stereocenters. The van der Waals surface area contributed by atoms with E-state index in [-0.39, 0.29) is 0 Å². The predicted octanol–water partition coefficient (Wildman–Crippen LogP) is 2.24. The maximum Gasteiger partial charge on any atom is 0.142 e. The van der Waals surface area contributed by atoms with Crippen molar-refractivity contribution in [3.63, 3.8) is 0 Å². The minimum atomic E-state index is 0.444. The number of hydrogen-bond acceptors (Lipinski definition) is 6. The van der Waals surface area contributed by atoms with Gasteiger partial charge in [0.05, 0.1) is 12.3 Å². The van der Waals surface area contributed by atoms with Crippen LogP contribution in [0.1, 0.15) is 24.4 Å². The van der Waals surface area contributed by atoms with Gasteiger partial charge in [-0.2, -0.15) is 0 Å². The number of nitrogens with zero attached hydrogens (tertiary/aromatic N) is 3. The van der Waals surface area contributed by atoms with Crippen LogP contribution in [0.4, 0.5) is 0 Å². The maximum atomic E-state index is 5.21. The van der Waals surface area contributed by atoms with Gasteiger partial charge < -0.3 is 10.1 Å². The van der Waals surface area contributed by atoms with Gasteiger partial charge in [-0.15, -0.1) is 11.3 Å². The number of ether oxygens (including phenoxy) is 1. The Morgan fingerprint density at radius 2 is 2.26 bits per heavy atom. The maximum absolute atomic E-state index is 5.21. The van der Waals surface area contributed by atoms with Crippen LogP contribution in [0.25, 0.3) is 10.7 Å². The van der Waals surface area contributed by atoms with E-state index in [0.29, 0.717) is 12.6 Å². The third kappa shape index (κ3) is 3.79. The van der Waals surface area contributed by atoms with E-state index in [0.717, 1.165) is 22.9 Å². The summed E-state index contributed by atoms with van der Waals surface area (Å²) < 4.78 is 5.21. The smallest absolute Gasteiger partial charge is 0.142 e. The van der Waals surface area contributed by atoms with Crippen LogP contribution in [-0.4, -0.2) is 28.1 Å². The molecule has 0 fully saturated rings. The van der Waals surface area contributed by atoms with Crippen molar-refractivity contribution >= 4 is 11.3 Å². The highest BCUT2D eigenvalue weighted by Gasteiger charge is 2.13. The first-order valence-corrected chi connectivity index (χ1v) is 6.99. The predicted molar refractivity (Wildman–Crippen MR) is 75.8 cm³/mol. The van der Waals surface area contributed by atoms with E-state index in [1.54, 1.807) is 31.0 Å². The molecule has 0 amide bonds. The Morgan fingerprint density at radius 3 is 2.89 bits per heavy atom. The molecular formula is C13H18N4OS. The topological polar surface area (TPSA) is 59.9 Å². The molecule has 0 saturated heterocycles. The zero-order valence-electron chi connectivity index (χ0n) is 11.4. The minimum Gasteiger partial charge on any atom is -0.378 e. The molecule has 6 heteroatoms. The van der Waals surface area contributed by atoms with Crippen LogP contribution in [0.2, 0.25) is 0 Å². The van der Waals surface area contributed by atoms with Crippen molar-refractivity contribution in [2.75, 3.05) is 7.11 Å². The highest BCUT2D eigenvalue weighted by molar-refractivity contribution is 7.15. The van der Waals surface area contributed by atoms with Crippen molar-refractivity contribution in [3.05, 3.63) is 29.2 Å². The van der Waals surface area contributed by atoms with E-state index in [1.807, 2.05) is 6.07 Å². The van der Waals surface area contributed by atoms with Crippen LogP contribution in [-0.2, 0) is 17.9 Å². The van der Waals surface area contributed by atoms with E-state index in [2.05, 4.69) is 34.1 Å². The molecule has 0 aliphatic heterocycles. The van der Waals surface area contributed by atoms with E-state index >= 15 is 0 Å². The van der Waals surface area contributed by atoms with Gasteiger partial charge in [-0.25, -0.2) is 15.0 Å². The molecular weight excluding hydrogens is 260 g/mol. The molecule has 0 radical (unpaired) electrons. The number of hydrogen-bond donors (Lipinski definition) is 1. The average molecular weight is 278 g/mol. The molecule has 0 unspecified atom stereocenters. The van der Waals surface area contributed by atoms with Crippen LogP contribution < -0.4 is 5.32 Å². The van der Waals surface area contributed by atoms with Gasteiger partial charge >= 0.3 is 0 Å². The molecule has 0 aromatic carbocycles. The van der Waals surface area contributed by atoms with Crippen LogP contribution in [0.5, 0.6) is 0 Å². The molecule has 0 aliphatic rings. The Hall–Kier alpha value is -1.37. The van der Waals surface area contributed by atoms with Crippen molar-refractivity contribution in [3.8, 4) is 10.7 Å². The Kier molecular flexibility index (Phi) is 4.95. The van der Waals surface area contributed by atoms with Gasteiger partial charge in [0.15, 0.2) is 0 Å². The molecule has 5 nitrogen and oxygen atoms in total. The normalized spacial score (nSPS) is 11.2. The zero-order valence-corrected chi connectivity index (χ0v) is 12.2. The van der Waals surface area contributed by atoms with Crippen molar-refractivity contribution in [2.24, 2.45) is 0 Å². The molecule has 0 bridgehead atoms. The quantitative estimate of drug-likeness (QED) is 0.878. The third-order valence-corrected chi connectivity index (χ3v) is 3.65. The van der Waals surface area contributed by atoms with E-state index in [1.165, 1.54) is 4.88 Å². The molecule has 2 aromatic heterocycles. The number of methoxy groups -OCH3 is 1. The van der Waals surface area contributed by atoms with Gasteiger partial charge in [0, 0.05) is 30.8 Å². The van der Waals surface area contributed by atoms with Crippen molar-refractivity contribution in [1.82, 2.24) is 20.3 Å². The Balaban J connectivity index is 2.24. The van der Waals surface area contributed by atoms with Gasteiger partial charge in [0.25, 0.3) is 0 Å². The number of rotatable bonds is 6. The van der Waals surface area contributed by atoms with Gasteiger partial charge in [-0.1, -0.05) is 13.8 Å². The summed E-state index contributed by atoms with van der Waals surface area (Å²) in [5.41, 5.74) is 1.84. The summed E-state index contributed by atoms with van der Waals surface area (Å²) in [5.74, 6) is 0. The number of aromatic nitrogens is 3. The summed E-state index contributed by atoms with van der Waals surface area (Å²) >= 11 is 1.65. The van der Waals surface area contributed by atoms with Gasteiger partial charge in [-0.05, 0) is 6.07 Å². The SMILES string of the molecule is COCc1nc(-c2ccncn2)sc1CNC(C)C. The monoisotopic (exact) mass is 278 g/mol. The molecule has 2 rings (SSSR count). The lowest BCUT2D eigenvalue weighted by atomic mass is 10.3. The lowest BCUT2D eigenvalue weighted by molar-refractivity contribution is 0.181. The van der Waals surface area contributed by atoms with Crippen molar-refractivity contribution in [1.29, 1.82) is 0 Å². The van der Waals surface area contributed by atoms with Crippen molar-refractivity contribution in [2.45, 2.75) is 33.0 Å². The van der Waals surface area contributed by atoms with Gasteiger partial charge in [0.1, 0.15) is 17.0 Å². The second kappa shape index (κ2) is 6.70. The summed E-state index contributed by atoms with van der Waals surface area (Å²) in [6, 6.07) is 2.31. The first-order chi connectivity index (χ1) is 9.20. The molecule has 0 spiro atoms. The highest BCUT2D eigenvalue weighted by Crippen LogP contribution is 2.27. The lowest BCUT2D eigenvalue weighted by Crippen LogP contribution is -2.21. The number of thiazole rings is 1. The molecule has 1 N–H and O–H groups in total. The fourth-order valence-corrected chi connectivity index (χ4v) is 2.59. The standard InChI is InChI=1S/C13H18N4OS/c1-9(2)15-6-12-11(7-18-3)17-13(19-12)10-4-5-14-8-16-10/h4-5,8-9,15H,6-7H2,1-3H3. The number of nitrogens with one attached hydrogen (secondary N) is 1. The first-order valence-electron chi connectivity index (χ1n) is 6.18. The molecule has 2 heterocycles. The van der Waals surface area contributed by atoms with Crippen LogP contribution in [0.15, 0.2) is 18.6 Å². The molecule has 2 aromatic rings. The Labute approximate surface area is 117 Å². The van der Waals surface area contributed by atoms with Gasteiger partial charge in [0.2, 0.25) is 0 Å². The molecule has 102 valence electrons. The van der Waals surface area contributed by atoms with E-state index < -0.39 is 0 Å². The highest BCUT2D eigenvalue weighted by atomic mass is 32.1. The summed E-state index contributed by atoms with van der Waals surface area (Å²) in [7, 11) is 1.68. The van der Waals surface area contributed by atoms with E-state index in [4.69, 9.17) is 4.74 Å². The second-order valence-corrected chi connectivity index (χ2v) is 5.54.